The quantitative estimate of drug-likeness (QED) is 0.323. The normalized spacial score (nSPS) is 13.0. The zero-order valence-electron chi connectivity index (χ0n) is 12.4. The highest BCUT2D eigenvalue weighted by Crippen LogP contribution is 2.20. The zero-order chi connectivity index (χ0) is 14.1. The highest BCUT2D eigenvalue weighted by molar-refractivity contribution is 4.67. The molecule has 0 radical (unpaired) electrons. The Balaban J connectivity index is 3.32. The van der Waals surface area contributed by atoms with Crippen LogP contribution >= 0.6 is 0 Å². The number of hydrogen-bond donors (Lipinski definition) is 2. The summed E-state index contributed by atoms with van der Waals surface area (Å²) in [7, 11) is 0. The minimum atomic E-state index is -0.414. The predicted octanol–water partition coefficient (Wildman–Crippen LogP) is 4.64. The summed E-state index contributed by atoms with van der Waals surface area (Å²) in [6.45, 7) is 7.57. The highest BCUT2D eigenvalue weighted by atomic mass is 17.1. The van der Waals surface area contributed by atoms with Crippen LogP contribution in [-0.4, -0.2) is 21.7 Å². The molecule has 0 amide bonds. The molecule has 0 saturated carbocycles. The van der Waals surface area contributed by atoms with Crippen molar-refractivity contribution in [3.63, 3.8) is 0 Å². The topological polar surface area (TPSA) is 58.9 Å². The predicted molar refractivity (Wildman–Crippen MR) is 72.5 cm³/mol. The molecule has 0 heterocycles. The highest BCUT2D eigenvalue weighted by Gasteiger charge is 2.18. The van der Waals surface area contributed by atoms with Crippen LogP contribution in [0.15, 0.2) is 0 Å². The Kier molecular flexibility index (Phi) is 8.78. The molecule has 0 aliphatic heterocycles. The minimum Gasteiger partial charge on any atom is -0.251 e. The lowest BCUT2D eigenvalue weighted by molar-refractivity contribution is -0.314. The molecular formula is C14H30O4. The molecule has 0 unspecified atom stereocenters. The van der Waals surface area contributed by atoms with Crippen LogP contribution in [0, 0.1) is 0 Å². The van der Waals surface area contributed by atoms with Gasteiger partial charge in [-0.25, -0.2) is 9.78 Å². The fourth-order valence-corrected chi connectivity index (χ4v) is 1.90. The Bertz CT molecular complexity index is 180. The fourth-order valence-electron chi connectivity index (χ4n) is 1.90. The van der Waals surface area contributed by atoms with Crippen LogP contribution in [0.2, 0.25) is 0 Å². The van der Waals surface area contributed by atoms with Crippen LogP contribution < -0.4 is 0 Å². The third kappa shape index (κ3) is 9.83. The number of unbranched alkanes of at least 4 members (excludes halogenated alkanes) is 5. The second kappa shape index (κ2) is 8.86. The summed E-state index contributed by atoms with van der Waals surface area (Å²) in [6.07, 6.45) is 8.70. The SMILES string of the molecule is CC(C)(CCCCCCCCC(C)(C)OO)OO. The Hall–Kier alpha value is -0.160. The van der Waals surface area contributed by atoms with E-state index in [2.05, 4.69) is 9.78 Å². The largest absolute Gasteiger partial charge is 0.251 e. The smallest absolute Gasteiger partial charge is 0.0977 e. The van der Waals surface area contributed by atoms with Gasteiger partial charge in [-0.1, -0.05) is 38.5 Å². The first kappa shape index (κ1) is 17.8. The Morgan fingerprint density at radius 3 is 1.17 bits per heavy atom. The average Bonchev–Trinajstić information content (AvgIpc) is 2.32. The molecule has 0 bridgehead atoms. The van der Waals surface area contributed by atoms with E-state index in [1.807, 2.05) is 27.7 Å². The van der Waals surface area contributed by atoms with Gasteiger partial charge in [-0.05, 0) is 40.5 Å². The van der Waals surface area contributed by atoms with Gasteiger partial charge in [0.25, 0.3) is 0 Å². The van der Waals surface area contributed by atoms with Crippen LogP contribution in [0.5, 0.6) is 0 Å². The molecule has 0 saturated heterocycles. The van der Waals surface area contributed by atoms with Gasteiger partial charge < -0.3 is 0 Å². The van der Waals surface area contributed by atoms with Crippen molar-refractivity contribution in [1.82, 2.24) is 0 Å². The molecule has 0 aromatic carbocycles. The van der Waals surface area contributed by atoms with Crippen molar-refractivity contribution in [2.75, 3.05) is 0 Å². The molecule has 4 nitrogen and oxygen atoms in total. The molecule has 110 valence electrons. The van der Waals surface area contributed by atoms with Gasteiger partial charge in [-0.15, -0.1) is 0 Å². The maximum absolute atomic E-state index is 8.63. The summed E-state index contributed by atoms with van der Waals surface area (Å²) in [5.41, 5.74) is -0.828. The van der Waals surface area contributed by atoms with Crippen molar-refractivity contribution in [2.24, 2.45) is 0 Å². The van der Waals surface area contributed by atoms with Crippen molar-refractivity contribution in [2.45, 2.75) is 90.3 Å². The van der Waals surface area contributed by atoms with E-state index >= 15 is 0 Å². The van der Waals surface area contributed by atoms with Gasteiger partial charge in [0, 0.05) is 0 Å². The van der Waals surface area contributed by atoms with Gasteiger partial charge in [0.05, 0.1) is 11.2 Å². The summed E-state index contributed by atoms with van der Waals surface area (Å²) in [5.74, 6) is 0. The van der Waals surface area contributed by atoms with Gasteiger partial charge in [0.1, 0.15) is 0 Å². The maximum atomic E-state index is 8.63. The van der Waals surface area contributed by atoms with Crippen molar-refractivity contribution in [1.29, 1.82) is 0 Å². The summed E-state index contributed by atoms with van der Waals surface area (Å²) in [5, 5.41) is 17.3. The van der Waals surface area contributed by atoms with E-state index in [0.717, 1.165) is 25.7 Å². The summed E-state index contributed by atoms with van der Waals surface area (Å²) < 4.78 is 0. The molecule has 2 N–H and O–H groups in total. The van der Waals surface area contributed by atoms with E-state index < -0.39 is 11.2 Å². The number of hydrogen-bond acceptors (Lipinski definition) is 4. The average molecular weight is 262 g/mol. The van der Waals surface area contributed by atoms with E-state index in [1.165, 1.54) is 25.7 Å². The first-order valence-corrected chi connectivity index (χ1v) is 6.98. The Morgan fingerprint density at radius 2 is 0.889 bits per heavy atom. The van der Waals surface area contributed by atoms with E-state index in [-0.39, 0.29) is 0 Å². The first-order valence-electron chi connectivity index (χ1n) is 6.98. The van der Waals surface area contributed by atoms with Gasteiger partial charge in [-0.3, -0.25) is 10.5 Å². The van der Waals surface area contributed by atoms with Crippen LogP contribution in [0.25, 0.3) is 0 Å². The maximum Gasteiger partial charge on any atom is 0.0977 e. The fraction of sp³-hybridized carbons (Fsp3) is 1.00. The summed E-state index contributed by atoms with van der Waals surface area (Å²) in [6, 6.07) is 0. The summed E-state index contributed by atoms with van der Waals surface area (Å²) in [4.78, 5) is 8.79. The molecule has 0 aromatic heterocycles. The van der Waals surface area contributed by atoms with Gasteiger partial charge in [0.2, 0.25) is 0 Å². The first-order chi connectivity index (χ1) is 8.33. The van der Waals surface area contributed by atoms with E-state index in [0.29, 0.717) is 0 Å². The van der Waals surface area contributed by atoms with Gasteiger partial charge in [0.15, 0.2) is 0 Å². The minimum absolute atomic E-state index is 0.414. The van der Waals surface area contributed by atoms with E-state index in [1.54, 1.807) is 0 Å². The lowest BCUT2D eigenvalue weighted by atomic mass is 9.98. The molecule has 0 aromatic rings. The van der Waals surface area contributed by atoms with Gasteiger partial charge >= 0.3 is 0 Å². The zero-order valence-corrected chi connectivity index (χ0v) is 12.4. The standard InChI is InChI=1S/C14H30O4/c1-13(2,17-15)11-9-7-5-6-8-10-12-14(3,4)18-16/h15-16H,5-12H2,1-4H3. The molecule has 4 heteroatoms. The van der Waals surface area contributed by atoms with Crippen molar-refractivity contribution >= 4 is 0 Å². The third-order valence-electron chi connectivity index (χ3n) is 3.30. The monoisotopic (exact) mass is 262 g/mol. The van der Waals surface area contributed by atoms with Crippen LogP contribution in [-0.2, 0) is 9.78 Å². The Labute approximate surface area is 111 Å². The molecule has 18 heavy (non-hydrogen) atoms. The Morgan fingerprint density at radius 1 is 0.611 bits per heavy atom. The van der Waals surface area contributed by atoms with E-state index in [9.17, 15) is 0 Å². The molecule has 0 aliphatic rings. The van der Waals surface area contributed by atoms with Crippen molar-refractivity contribution < 1.29 is 20.3 Å². The molecule has 0 fully saturated rings. The van der Waals surface area contributed by atoms with Crippen LogP contribution in [0.3, 0.4) is 0 Å². The molecule has 0 aliphatic carbocycles. The molecular weight excluding hydrogens is 232 g/mol. The summed E-state index contributed by atoms with van der Waals surface area (Å²) >= 11 is 0. The third-order valence-corrected chi connectivity index (χ3v) is 3.30. The molecule has 0 spiro atoms. The van der Waals surface area contributed by atoms with Crippen LogP contribution in [0.1, 0.15) is 79.1 Å². The second-order valence-corrected chi connectivity index (χ2v) is 6.32. The van der Waals surface area contributed by atoms with Crippen molar-refractivity contribution in [3.8, 4) is 0 Å². The molecule has 0 rings (SSSR count). The molecule has 0 atom stereocenters. The second-order valence-electron chi connectivity index (χ2n) is 6.32. The lowest BCUT2D eigenvalue weighted by Crippen LogP contribution is -2.22. The van der Waals surface area contributed by atoms with Crippen LogP contribution in [0.4, 0.5) is 0 Å². The van der Waals surface area contributed by atoms with E-state index in [4.69, 9.17) is 10.5 Å². The van der Waals surface area contributed by atoms with Crippen molar-refractivity contribution in [3.05, 3.63) is 0 Å². The number of rotatable bonds is 11. The van der Waals surface area contributed by atoms with Gasteiger partial charge in [-0.2, -0.15) is 0 Å². The lowest BCUT2D eigenvalue weighted by Gasteiger charge is -2.20.